The van der Waals surface area contributed by atoms with Crippen LogP contribution in [0.25, 0.3) is 0 Å². The number of carbonyl (C=O) groups is 2. The molecule has 0 saturated carbocycles. The fraction of sp³-hybridized carbons (Fsp3) is 0.200. The zero-order chi connectivity index (χ0) is 26.5. The van der Waals surface area contributed by atoms with Gasteiger partial charge in [0.2, 0.25) is 11.8 Å². The van der Waals surface area contributed by atoms with Crippen LogP contribution in [0.3, 0.4) is 0 Å². The molecule has 3 aromatic carbocycles. The van der Waals surface area contributed by atoms with Gasteiger partial charge in [0.05, 0.1) is 10.6 Å². The Morgan fingerprint density at radius 2 is 1.56 bits per heavy atom. The molecular formula is C25H24Cl2FN3O4S. The number of amides is 2. The van der Waals surface area contributed by atoms with Crippen molar-refractivity contribution in [1.29, 1.82) is 0 Å². The van der Waals surface area contributed by atoms with Crippen LogP contribution in [0.5, 0.6) is 0 Å². The van der Waals surface area contributed by atoms with Gasteiger partial charge in [0.15, 0.2) is 0 Å². The molecule has 7 nitrogen and oxygen atoms in total. The fourth-order valence-electron chi connectivity index (χ4n) is 3.53. The van der Waals surface area contributed by atoms with Gasteiger partial charge in [-0.2, -0.15) is 0 Å². The maximum Gasteiger partial charge on any atom is 0.264 e. The van der Waals surface area contributed by atoms with Crippen molar-refractivity contribution in [3.63, 3.8) is 0 Å². The van der Waals surface area contributed by atoms with Gasteiger partial charge in [0.1, 0.15) is 18.4 Å². The second-order valence-electron chi connectivity index (χ2n) is 7.86. The van der Waals surface area contributed by atoms with Crippen molar-refractivity contribution in [2.45, 2.75) is 24.4 Å². The van der Waals surface area contributed by atoms with Gasteiger partial charge in [0, 0.05) is 29.2 Å². The highest BCUT2D eigenvalue weighted by Gasteiger charge is 2.32. The van der Waals surface area contributed by atoms with Gasteiger partial charge >= 0.3 is 0 Å². The highest BCUT2D eigenvalue weighted by Crippen LogP contribution is 2.30. The van der Waals surface area contributed by atoms with Crippen molar-refractivity contribution >= 4 is 50.7 Å². The Kier molecular flexibility index (Phi) is 8.94. The van der Waals surface area contributed by atoms with Gasteiger partial charge in [-0.05, 0) is 43.3 Å². The number of benzene rings is 3. The normalized spacial score (nSPS) is 12.0. The Balaban J connectivity index is 2.07. The maximum atomic E-state index is 14.4. The summed E-state index contributed by atoms with van der Waals surface area (Å²) in [6, 6.07) is 16.5. The van der Waals surface area contributed by atoms with Crippen molar-refractivity contribution in [3.05, 3.63) is 94.2 Å². The van der Waals surface area contributed by atoms with Gasteiger partial charge in [0.25, 0.3) is 10.0 Å². The number of nitrogens with one attached hydrogen (secondary N) is 1. The molecule has 0 aliphatic carbocycles. The van der Waals surface area contributed by atoms with Crippen LogP contribution in [-0.2, 0) is 26.2 Å². The molecule has 0 fully saturated rings. The van der Waals surface area contributed by atoms with Crippen LogP contribution in [0.2, 0.25) is 10.0 Å². The van der Waals surface area contributed by atoms with E-state index in [1.165, 1.54) is 62.5 Å². The van der Waals surface area contributed by atoms with Crippen LogP contribution in [0.4, 0.5) is 10.1 Å². The van der Waals surface area contributed by atoms with E-state index in [9.17, 15) is 22.4 Å². The number of hydrogen-bond acceptors (Lipinski definition) is 4. The van der Waals surface area contributed by atoms with E-state index in [-0.39, 0.29) is 32.7 Å². The molecular weight excluding hydrogens is 528 g/mol. The lowest BCUT2D eigenvalue weighted by molar-refractivity contribution is -0.139. The fourth-order valence-corrected chi connectivity index (χ4v) is 5.47. The number of sulfonamides is 1. The monoisotopic (exact) mass is 551 g/mol. The predicted molar refractivity (Wildman–Crippen MR) is 138 cm³/mol. The second kappa shape index (κ2) is 11.7. The molecule has 0 aliphatic rings. The first-order valence-corrected chi connectivity index (χ1v) is 13.0. The quantitative estimate of drug-likeness (QED) is 0.424. The van der Waals surface area contributed by atoms with Gasteiger partial charge in [-0.15, -0.1) is 0 Å². The molecule has 0 spiro atoms. The smallest absolute Gasteiger partial charge is 0.264 e. The predicted octanol–water partition coefficient (Wildman–Crippen LogP) is 4.49. The summed E-state index contributed by atoms with van der Waals surface area (Å²) in [5.74, 6) is -1.79. The summed E-state index contributed by atoms with van der Waals surface area (Å²) in [7, 11) is -2.85. The highest BCUT2D eigenvalue weighted by molar-refractivity contribution is 7.92. The average molecular weight is 552 g/mol. The zero-order valence-electron chi connectivity index (χ0n) is 19.5. The lowest BCUT2D eigenvalue weighted by Crippen LogP contribution is -2.50. The minimum absolute atomic E-state index is 0.0585. The minimum atomic E-state index is -4.25. The van der Waals surface area contributed by atoms with E-state index >= 15 is 0 Å². The van der Waals surface area contributed by atoms with Crippen LogP contribution < -0.4 is 9.62 Å². The Labute approximate surface area is 219 Å². The van der Waals surface area contributed by atoms with Crippen LogP contribution >= 0.6 is 23.2 Å². The SMILES string of the molecule is CNC(=O)C(C)N(Cc1ccccc1F)C(=O)CN(c1cc(Cl)cc(Cl)c1)S(=O)(=O)c1ccccc1. The molecule has 1 N–H and O–H groups in total. The van der Waals surface area contributed by atoms with Crippen molar-refractivity contribution in [1.82, 2.24) is 10.2 Å². The molecule has 0 heterocycles. The van der Waals surface area contributed by atoms with E-state index in [1.807, 2.05) is 0 Å². The number of halogens is 3. The van der Waals surface area contributed by atoms with Gasteiger partial charge in [-0.1, -0.05) is 59.6 Å². The van der Waals surface area contributed by atoms with Crippen LogP contribution in [-0.4, -0.2) is 44.8 Å². The Bertz CT molecular complexity index is 1340. The minimum Gasteiger partial charge on any atom is -0.357 e. The number of likely N-dealkylation sites (N-methyl/N-ethyl adjacent to an activating group) is 1. The molecule has 0 aliphatic heterocycles. The summed E-state index contributed by atoms with van der Waals surface area (Å²) < 4.78 is 42.5. The van der Waals surface area contributed by atoms with E-state index in [2.05, 4.69) is 5.32 Å². The molecule has 0 bridgehead atoms. The third-order valence-corrected chi connectivity index (χ3v) is 7.68. The summed E-state index contributed by atoms with van der Waals surface area (Å²) in [4.78, 5) is 27.1. The first kappa shape index (κ1) is 27.4. The molecule has 0 aromatic heterocycles. The molecule has 1 atom stereocenters. The lowest BCUT2D eigenvalue weighted by Gasteiger charge is -2.32. The van der Waals surface area contributed by atoms with Crippen LogP contribution in [0, 0.1) is 5.82 Å². The molecule has 36 heavy (non-hydrogen) atoms. The first-order chi connectivity index (χ1) is 17.0. The van der Waals surface area contributed by atoms with Crippen molar-refractivity contribution in [2.24, 2.45) is 0 Å². The zero-order valence-corrected chi connectivity index (χ0v) is 21.8. The summed E-state index contributed by atoms with van der Waals surface area (Å²) in [5.41, 5.74) is 0.230. The molecule has 0 radical (unpaired) electrons. The molecule has 190 valence electrons. The van der Waals surface area contributed by atoms with Crippen molar-refractivity contribution < 1.29 is 22.4 Å². The number of anilines is 1. The Morgan fingerprint density at radius 1 is 0.972 bits per heavy atom. The van der Waals surface area contributed by atoms with Crippen molar-refractivity contribution in [3.8, 4) is 0 Å². The largest absolute Gasteiger partial charge is 0.357 e. The van der Waals surface area contributed by atoms with E-state index in [0.29, 0.717) is 0 Å². The number of nitrogens with zero attached hydrogens (tertiary/aromatic N) is 2. The van der Waals surface area contributed by atoms with Gasteiger partial charge < -0.3 is 10.2 Å². The summed E-state index contributed by atoms with van der Waals surface area (Å²) in [5, 5.41) is 2.80. The molecule has 3 rings (SSSR count). The Hall–Kier alpha value is -3.14. The van der Waals surface area contributed by atoms with E-state index < -0.39 is 40.2 Å². The van der Waals surface area contributed by atoms with Crippen LogP contribution in [0.15, 0.2) is 77.7 Å². The van der Waals surface area contributed by atoms with E-state index in [4.69, 9.17) is 23.2 Å². The van der Waals surface area contributed by atoms with Gasteiger partial charge in [-0.3, -0.25) is 13.9 Å². The van der Waals surface area contributed by atoms with Gasteiger partial charge in [-0.25, -0.2) is 12.8 Å². The highest BCUT2D eigenvalue weighted by atomic mass is 35.5. The molecule has 0 saturated heterocycles. The molecule has 1 unspecified atom stereocenters. The average Bonchev–Trinajstić information content (AvgIpc) is 2.85. The van der Waals surface area contributed by atoms with Crippen molar-refractivity contribution in [2.75, 3.05) is 17.9 Å². The molecule has 11 heteroatoms. The van der Waals surface area contributed by atoms with Crippen LogP contribution in [0.1, 0.15) is 12.5 Å². The summed E-state index contributed by atoms with van der Waals surface area (Å²) in [6.07, 6.45) is 0. The number of rotatable bonds is 9. The standard InChI is InChI=1S/C25H24Cl2FN3O4S/c1-17(25(33)29-2)30(15-18-8-6-7-11-23(18)28)24(32)16-31(21-13-19(26)12-20(27)14-21)36(34,35)22-9-4-3-5-10-22/h3-14,17H,15-16H2,1-2H3,(H,29,33). The molecule has 3 aromatic rings. The third kappa shape index (κ3) is 6.34. The Morgan fingerprint density at radius 3 is 2.14 bits per heavy atom. The second-order valence-corrected chi connectivity index (χ2v) is 10.6. The number of carbonyl (C=O) groups excluding carboxylic acids is 2. The first-order valence-electron chi connectivity index (χ1n) is 10.8. The topological polar surface area (TPSA) is 86.8 Å². The lowest BCUT2D eigenvalue weighted by atomic mass is 10.1. The molecule has 2 amide bonds. The van der Waals surface area contributed by atoms with E-state index in [1.54, 1.807) is 24.3 Å². The third-order valence-electron chi connectivity index (χ3n) is 5.46. The summed E-state index contributed by atoms with van der Waals surface area (Å²) in [6.45, 7) is 0.531. The maximum absolute atomic E-state index is 14.4. The summed E-state index contributed by atoms with van der Waals surface area (Å²) >= 11 is 12.3. The number of hydrogen-bond donors (Lipinski definition) is 1. The van der Waals surface area contributed by atoms with E-state index in [0.717, 1.165) is 9.21 Å².